The minimum Gasteiger partial charge on any atom is -0.373 e. The van der Waals surface area contributed by atoms with Crippen molar-refractivity contribution >= 4 is 11.7 Å². The number of nitrogens with one attached hydrogen (secondary N) is 2. The Labute approximate surface area is 124 Å². The SMILES string of the molecule is CNc1cc(C(=O)NCCn2cccn2)cc(C(C)C)n1. The Kier molecular flexibility index (Phi) is 4.92. The van der Waals surface area contributed by atoms with Crippen molar-refractivity contribution in [3.63, 3.8) is 0 Å². The Morgan fingerprint density at radius 2 is 2.19 bits per heavy atom. The van der Waals surface area contributed by atoms with E-state index in [-0.39, 0.29) is 11.8 Å². The third kappa shape index (κ3) is 4.05. The number of anilines is 1. The molecule has 6 heteroatoms. The molecule has 1 amide bonds. The van der Waals surface area contributed by atoms with Gasteiger partial charge < -0.3 is 10.6 Å². The molecule has 0 fully saturated rings. The third-order valence-electron chi connectivity index (χ3n) is 3.14. The van der Waals surface area contributed by atoms with E-state index in [1.807, 2.05) is 18.3 Å². The lowest BCUT2D eigenvalue weighted by Gasteiger charge is -2.11. The van der Waals surface area contributed by atoms with Gasteiger partial charge in [-0.1, -0.05) is 13.8 Å². The summed E-state index contributed by atoms with van der Waals surface area (Å²) in [4.78, 5) is 16.7. The van der Waals surface area contributed by atoms with Gasteiger partial charge in [-0.25, -0.2) is 4.98 Å². The summed E-state index contributed by atoms with van der Waals surface area (Å²) in [5.41, 5.74) is 1.53. The molecule has 2 heterocycles. The smallest absolute Gasteiger partial charge is 0.251 e. The minimum absolute atomic E-state index is 0.0945. The molecule has 0 aliphatic heterocycles. The Bertz CT molecular complexity index is 592. The summed E-state index contributed by atoms with van der Waals surface area (Å²) in [6.45, 7) is 5.30. The van der Waals surface area contributed by atoms with E-state index in [1.165, 1.54) is 0 Å². The number of pyridine rings is 1. The molecule has 0 radical (unpaired) electrons. The first-order chi connectivity index (χ1) is 10.1. The van der Waals surface area contributed by atoms with Crippen molar-refractivity contribution in [3.05, 3.63) is 41.9 Å². The zero-order valence-corrected chi connectivity index (χ0v) is 12.6. The van der Waals surface area contributed by atoms with Crippen LogP contribution in [0.25, 0.3) is 0 Å². The first-order valence-corrected chi connectivity index (χ1v) is 7.05. The molecule has 0 aliphatic carbocycles. The van der Waals surface area contributed by atoms with Crippen LogP contribution in [0.2, 0.25) is 0 Å². The van der Waals surface area contributed by atoms with E-state index in [4.69, 9.17) is 0 Å². The van der Waals surface area contributed by atoms with Crippen LogP contribution in [0.3, 0.4) is 0 Å². The summed E-state index contributed by atoms with van der Waals surface area (Å²) in [5, 5.41) is 9.99. The lowest BCUT2D eigenvalue weighted by atomic mass is 10.1. The molecule has 0 aromatic carbocycles. The summed E-state index contributed by atoms with van der Waals surface area (Å²) in [7, 11) is 1.80. The number of hydrogen-bond acceptors (Lipinski definition) is 4. The number of hydrogen-bond donors (Lipinski definition) is 2. The highest BCUT2D eigenvalue weighted by atomic mass is 16.1. The molecule has 6 nitrogen and oxygen atoms in total. The van der Waals surface area contributed by atoms with E-state index in [1.54, 1.807) is 24.0 Å². The summed E-state index contributed by atoms with van der Waals surface area (Å²) in [6.07, 6.45) is 3.59. The quantitative estimate of drug-likeness (QED) is 0.851. The van der Waals surface area contributed by atoms with E-state index in [0.29, 0.717) is 24.5 Å². The fourth-order valence-corrected chi connectivity index (χ4v) is 1.93. The van der Waals surface area contributed by atoms with Crippen molar-refractivity contribution in [2.75, 3.05) is 18.9 Å². The topological polar surface area (TPSA) is 71.8 Å². The van der Waals surface area contributed by atoms with E-state index in [9.17, 15) is 4.79 Å². The highest BCUT2D eigenvalue weighted by Gasteiger charge is 2.11. The maximum atomic E-state index is 12.2. The molecule has 112 valence electrons. The van der Waals surface area contributed by atoms with Crippen LogP contribution >= 0.6 is 0 Å². The molecule has 2 aromatic heterocycles. The monoisotopic (exact) mass is 287 g/mol. The van der Waals surface area contributed by atoms with Crippen LogP contribution in [0.4, 0.5) is 5.82 Å². The van der Waals surface area contributed by atoms with Gasteiger partial charge in [0.05, 0.1) is 6.54 Å². The van der Waals surface area contributed by atoms with E-state index < -0.39 is 0 Å². The molecule has 0 aliphatic rings. The minimum atomic E-state index is -0.0945. The first-order valence-electron chi connectivity index (χ1n) is 7.05. The standard InChI is InChI=1S/C15H21N5O/c1-11(2)13-9-12(10-14(16-3)19-13)15(21)17-6-8-20-7-4-5-18-20/h4-5,7,9-11H,6,8H2,1-3H3,(H,16,19)(H,17,21). The van der Waals surface area contributed by atoms with Crippen LogP contribution in [-0.4, -0.2) is 34.3 Å². The van der Waals surface area contributed by atoms with Crippen LogP contribution in [-0.2, 0) is 6.54 Å². The highest BCUT2D eigenvalue weighted by Crippen LogP contribution is 2.17. The van der Waals surface area contributed by atoms with Gasteiger partial charge in [0.1, 0.15) is 5.82 Å². The average molecular weight is 287 g/mol. The van der Waals surface area contributed by atoms with Crippen molar-refractivity contribution in [1.82, 2.24) is 20.1 Å². The number of carbonyl (C=O) groups is 1. The Morgan fingerprint density at radius 3 is 2.81 bits per heavy atom. The van der Waals surface area contributed by atoms with Crippen LogP contribution in [0, 0.1) is 0 Å². The van der Waals surface area contributed by atoms with E-state index in [0.717, 1.165) is 5.69 Å². The molecule has 0 atom stereocenters. The number of amides is 1. The summed E-state index contributed by atoms with van der Waals surface area (Å²) in [6, 6.07) is 5.46. The molecule has 2 rings (SSSR count). The van der Waals surface area contributed by atoms with Gasteiger partial charge in [-0.2, -0.15) is 5.10 Å². The number of nitrogens with zero attached hydrogens (tertiary/aromatic N) is 3. The Balaban J connectivity index is 2.02. The second-order valence-corrected chi connectivity index (χ2v) is 5.10. The normalized spacial score (nSPS) is 10.7. The lowest BCUT2D eigenvalue weighted by Crippen LogP contribution is -2.27. The molecule has 0 unspecified atom stereocenters. The molecule has 0 bridgehead atoms. The Hall–Kier alpha value is -2.37. The first kappa shape index (κ1) is 15.0. The largest absolute Gasteiger partial charge is 0.373 e. The van der Waals surface area contributed by atoms with E-state index >= 15 is 0 Å². The van der Waals surface area contributed by atoms with Gasteiger partial charge in [-0.3, -0.25) is 9.48 Å². The van der Waals surface area contributed by atoms with Gasteiger partial charge in [0.25, 0.3) is 5.91 Å². The van der Waals surface area contributed by atoms with Gasteiger partial charge in [0, 0.05) is 37.2 Å². The number of carbonyl (C=O) groups excluding carboxylic acids is 1. The predicted octanol–water partition coefficient (Wildman–Crippen LogP) is 1.87. The van der Waals surface area contributed by atoms with Crippen LogP contribution in [0.5, 0.6) is 0 Å². The summed E-state index contributed by atoms with van der Waals surface area (Å²) >= 11 is 0. The fraction of sp³-hybridized carbons (Fsp3) is 0.400. The molecular weight excluding hydrogens is 266 g/mol. The number of rotatable bonds is 6. The van der Waals surface area contributed by atoms with Crippen LogP contribution < -0.4 is 10.6 Å². The van der Waals surface area contributed by atoms with Crippen molar-refractivity contribution in [3.8, 4) is 0 Å². The molecular formula is C15H21N5O. The third-order valence-corrected chi connectivity index (χ3v) is 3.14. The summed E-state index contributed by atoms with van der Waals surface area (Å²) in [5.74, 6) is 0.885. The van der Waals surface area contributed by atoms with Crippen LogP contribution in [0.15, 0.2) is 30.6 Å². The fourth-order valence-electron chi connectivity index (χ4n) is 1.93. The molecule has 21 heavy (non-hydrogen) atoms. The number of aromatic nitrogens is 3. The Morgan fingerprint density at radius 1 is 1.38 bits per heavy atom. The maximum Gasteiger partial charge on any atom is 0.251 e. The molecule has 2 aromatic rings. The van der Waals surface area contributed by atoms with Gasteiger partial charge in [-0.15, -0.1) is 0 Å². The highest BCUT2D eigenvalue weighted by molar-refractivity contribution is 5.95. The summed E-state index contributed by atoms with van der Waals surface area (Å²) < 4.78 is 1.78. The van der Waals surface area contributed by atoms with Crippen LogP contribution in [0.1, 0.15) is 35.8 Å². The molecule has 0 saturated carbocycles. The zero-order chi connectivity index (χ0) is 15.2. The second kappa shape index (κ2) is 6.88. The molecule has 2 N–H and O–H groups in total. The molecule has 0 spiro atoms. The van der Waals surface area contributed by atoms with Gasteiger partial charge in [-0.05, 0) is 24.1 Å². The van der Waals surface area contributed by atoms with Crippen molar-refractivity contribution in [2.24, 2.45) is 0 Å². The van der Waals surface area contributed by atoms with Gasteiger partial charge >= 0.3 is 0 Å². The maximum absolute atomic E-state index is 12.2. The predicted molar refractivity (Wildman–Crippen MR) is 82.4 cm³/mol. The average Bonchev–Trinajstić information content (AvgIpc) is 2.99. The van der Waals surface area contributed by atoms with Crippen molar-refractivity contribution in [2.45, 2.75) is 26.3 Å². The zero-order valence-electron chi connectivity index (χ0n) is 12.6. The van der Waals surface area contributed by atoms with E-state index in [2.05, 4.69) is 34.6 Å². The lowest BCUT2D eigenvalue weighted by molar-refractivity contribution is 0.0951. The van der Waals surface area contributed by atoms with Gasteiger partial charge in [0.15, 0.2) is 0 Å². The second-order valence-electron chi connectivity index (χ2n) is 5.10. The van der Waals surface area contributed by atoms with Crippen molar-refractivity contribution in [1.29, 1.82) is 0 Å². The van der Waals surface area contributed by atoms with Gasteiger partial charge in [0.2, 0.25) is 0 Å². The molecule has 0 saturated heterocycles. The van der Waals surface area contributed by atoms with Crippen molar-refractivity contribution < 1.29 is 4.79 Å².